The molecule has 3 rings (SSSR count). The fraction of sp³-hybridized carbons (Fsp3) is 0.250. The van der Waals surface area contributed by atoms with Gasteiger partial charge in [0.15, 0.2) is 0 Å². The lowest BCUT2D eigenvalue weighted by molar-refractivity contribution is -0.385. The van der Waals surface area contributed by atoms with E-state index in [2.05, 4.69) is 24.0 Å². The van der Waals surface area contributed by atoms with E-state index in [1.54, 1.807) is 12.1 Å². The molecule has 2 aromatic carbocycles. The minimum atomic E-state index is -0.386. The van der Waals surface area contributed by atoms with Crippen molar-refractivity contribution in [2.75, 3.05) is 4.90 Å². The Bertz CT molecular complexity index is 702. The Kier molecular flexibility index (Phi) is 3.55. The van der Waals surface area contributed by atoms with Crippen LogP contribution in [0.1, 0.15) is 18.1 Å². The molecule has 21 heavy (non-hydrogen) atoms. The van der Waals surface area contributed by atoms with Crippen molar-refractivity contribution in [2.24, 2.45) is 0 Å². The van der Waals surface area contributed by atoms with Crippen LogP contribution in [-0.4, -0.2) is 11.0 Å². The van der Waals surface area contributed by atoms with Gasteiger partial charge in [-0.2, -0.15) is 0 Å². The van der Waals surface area contributed by atoms with E-state index in [0.29, 0.717) is 11.6 Å². The molecular weight excluding hydrogens is 288 g/mol. The first-order valence-electron chi connectivity index (χ1n) is 6.82. The first kappa shape index (κ1) is 13.9. The van der Waals surface area contributed by atoms with Crippen LogP contribution in [0.25, 0.3) is 0 Å². The number of benzene rings is 2. The number of nitro groups is 1. The van der Waals surface area contributed by atoms with Crippen molar-refractivity contribution in [2.45, 2.75) is 25.3 Å². The van der Waals surface area contributed by atoms with E-state index in [-0.39, 0.29) is 16.5 Å². The maximum absolute atomic E-state index is 11.0. The molecule has 4 nitrogen and oxygen atoms in total. The molecule has 1 heterocycles. The molecule has 108 valence electrons. The summed E-state index contributed by atoms with van der Waals surface area (Å²) in [5.74, 6) is 0.133. The Morgan fingerprint density at radius 3 is 2.81 bits per heavy atom. The second-order valence-corrected chi connectivity index (χ2v) is 5.52. The molecule has 0 aromatic heterocycles. The predicted molar refractivity (Wildman–Crippen MR) is 84.4 cm³/mol. The first-order chi connectivity index (χ1) is 10.1. The van der Waals surface area contributed by atoms with Gasteiger partial charge in [0.1, 0.15) is 0 Å². The van der Waals surface area contributed by atoms with Crippen molar-refractivity contribution < 1.29 is 4.92 Å². The SMILES string of the molecule is CC1Cc2ccccc2N1c1ccc([N+](=O)[O-])c(CCl)c1. The highest BCUT2D eigenvalue weighted by molar-refractivity contribution is 6.17. The van der Waals surface area contributed by atoms with E-state index in [1.165, 1.54) is 11.3 Å². The highest BCUT2D eigenvalue weighted by atomic mass is 35.5. The Hall–Kier alpha value is -2.07. The Balaban J connectivity index is 2.07. The number of para-hydroxylation sites is 1. The number of anilines is 2. The third kappa shape index (κ3) is 2.36. The van der Waals surface area contributed by atoms with Gasteiger partial charge in [0.05, 0.1) is 10.8 Å². The summed E-state index contributed by atoms with van der Waals surface area (Å²) >= 11 is 5.87. The normalized spacial score (nSPS) is 16.9. The summed E-state index contributed by atoms with van der Waals surface area (Å²) in [6.45, 7) is 2.15. The van der Waals surface area contributed by atoms with E-state index in [1.807, 2.05) is 18.2 Å². The van der Waals surface area contributed by atoms with E-state index < -0.39 is 0 Å². The maximum Gasteiger partial charge on any atom is 0.273 e. The average Bonchev–Trinajstić information content (AvgIpc) is 2.82. The number of fused-ring (bicyclic) bond motifs is 1. The quantitative estimate of drug-likeness (QED) is 0.479. The molecule has 0 saturated heterocycles. The van der Waals surface area contributed by atoms with Crippen LogP contribution in [0.15, 0.2) is 42.5 Å². The van der Waals surface area contributed by atoms with Gasteiger partial charge in [0, 0.05) is 29.0 Å². The monoisotopic (exact) mass is 302 g/mol. The zero-order valence-corrected chi connectivity index (χ0v) is 12.4. The van der Waals surface area contributed by atoms with Gasteiger partial charge in [0.25, 0.3) is 5.69 Å². The van der Waals surface area contributed by atoms with Gasteiger partial charge in [-0.05, 0) is 37.1 Å². The smallest absolute Gasteiger partial charge is 0.273 e. The molecule has 0 bridgehead atoms. The molecule has 0 radical (unpaired) electrons. The van der Waals surface area contributed by atoms with Crippen LogP contribution >= 0.6 is 11.6 Å². The largest absolute Gasteiger partial charge is 0.338 e. The van der Waals surface area contributed by atoms with E-state index in [4.69, 9.17) is 11.6 Å². The first-order valence-corrected chi connectivity index (χ1v) is 7.35. The van der Waals surface area contributed by atoms with Crippen LogP contribution in [0, 0.1) is 10.1 Å². The van der Waals surface area contributed by atoms with Gasteiger partial charge in [-0.15, -0.1) is 11.6 Å². The van der Waals surface area contributed by atoms with Gasteiger partial charge >= 0.3 is 0 Å². The number of alkyl halides is 1. The van der Waals surface area contributed by atoms with Crippen molar-refractivity contribution in [1.82, 2.24) is 0 Å². The number of nitrogens with zero attached hydrogens (tertiary/aromatic N) is 2. The molecule has 1 unspecified atom stereocenters. The second-order valence-electron chi connectivity index (χ2n) is 5.26. The van der Waals surface area contributed by atoms with Crippen LogP contribution in [0.5, 0.6) is 0 Å². The lowest BCUT2D eigenvalue weighted by atomic mass is 10.1. The summed E-state index contributed by atoms with van der Waals surface area (Å²) in [6, 6.07) is 13.7. The van der Waals surface area contributed by atoms with Crippen molar-refractivity contribution in [3.8, 4) is 0 Å². The highest BCUT2D eigenvalue weighted by Gasteiger charge is 2.27. The van der Waals surface area contributed by atoms with E-state index in [9.17, 15) is 10.1 Å². The van der Waals surface area contributed by atoms with Crippen LogP contribution in [0.4, 0.5) is 17.1 Å². The lowest BCUT2D eigenvalue weighted by Gasteiger charge is -2.25. The zero-order valence-electron chi connectivity index (χ0n) is 11.6. The Morgan fingerprint density at radius 1 is 1.33 bits per heavy atom. The second kappa shape index (κ2) is 5.37. The van der Waals surface area contributed by atoms with Crippen LogP contribution in [-0.2, 0) is 12.3 Å². The number of hydrogen-bond donors (Lipinski definition) is 0. The summed E-state index contributed by atoms with van der Waals surface area (Å²) in [4.78, 5) is 12.8. The molecule has 1 atom stereocenters. The summed E-state index contributed by atoms with van der Waals surface area (Å²) in [6.07, 6.45) is 0.976. The minimum Gasteiger partial charge on any atom is -0.338 e. The molecule has 0 amide bonds. The fourth-order valence-corrected chi connectivity index (χ4v) is 3.18. The molecule has 2 aromatic rings. The molecule has 0 saturated carbocycles. The standard InChI is InChI=1S/C16H15ClN2O2/c1-11-8-12-4-2-3-5-15(12)18(11)14-6-7-16(19(20)21)13(9-14)10-17/h2-7,9,11H,8,10H2,1H3. The third-order valence-electron chi connectivity index (χ3n) is 3.89. The number of rotatable bonds is 3. The van der Waals surface area contributed by atoms with Gasteiger partial charge in [-0.25, -0.2) is 0 Å². The molecule has 0 N–H and O–H groups in total. The Morgan fingerprint density at radius 2 is 2.10 bits per heavy atom. The number of hydrogen-bond acceptors (Lipinski definition) is 3. The summed E-state index contributed by atoms with van der Waals surface area (Å²) in [7, 11) is 0. The molecule has 0 fully saturated rings. The molecule has 5 heteroatoms. The lowest BCUT2D eigenvalue weighted by Crippen LogP contribution is -2.23. The third-order valence-corrected chi connectivity index (χ3v) is 4.18. The van der Waals surface area contributed by atoms with Crippen LogP contribution in [0.3, 0.4) is 0 Å². The molecule has 0 aliphatic carbocycles. The van der Waals surface area contributed by atoms with Crippen molar-refractivity contribution >= 4 is 28.7 Å². The molecular formula is C16H15ClN2O2. The van der Waals surface area contributed by atoms with Gasteiger partial charge in [0.2, 0.25) is 0 Å². The predicted octanol–water partition coefficient (Wildman–Crippen LogP) is 4.42. The van der Waals surface area contributed by atoms with Crippen molar-refractivity contribution in [3.05, 3.63) is 63.7 Å². The van der Waals surface area contributed by atoms with Crippen molar-refractivity contribution in [1.29, 1.82) is 0 Å². The summed E-state index contributed by atoms with van der Waals surface area (Å²) < 4.78 is 0. The maximum atomic E-state index is 11.0. The zero-order chi connectivity index (χ0) is 15.0. The molecule has 1 aliphatic heterocycles. The van der Waals surface area contributed by atoms with E-state index >= 15 is 0 Å². The van der Waals surface area contributed by atoms with Crippen LogP contribution in [0.2, 0.25) is 0 Å². The number of halogens is 1. The summed E-state index contributed by atoms with van der Waals surface area (Å²) in [5.41, 5.74) is 4.05. The van der Waals surface area contributed by atoms with Gasteiger partial charge in [-0.1, -0.05) is 18.2 Å². The van der Waals surface area contributed by atoms with Crippen LogP contribution < -0.4 is 4.90 Å². The molecule has 0 spiro atoms. The summed E-state index contributed by atoms with van der Waals surface area (Å²) in [5, 5.41) is 11.0. The fourth-order valence-electron chi connectivity index (χ4n) is 2.97. The molecule has 1 aliphatic rings. The van der Waals surface area contributed by atoms with Gasteiger partial charge in [-0.3, -0.25) is 10.1 Å². The van der Waals surface area contributed by atoms with E-state index in [0.717, 1.165) is 12.1 Å². The Labute approximate surface area is 128 Å². The number of nitro benzene ring substituents is 1. The van der Waals surface area contributed by atoms with Crippen molar-refractivity contribution in [3.63, 3.8) is 0 Å². The highest BCUT2D eigenvalue weighted by Crippen LogP contribution is 2.39. The minimum absolute atomic E-state index is 0.0777. The average molecular weight is 303 g/mol. The van der Waals surface area contributed by atoms with Gasteiger partial charge < -0.3 is 4.90 Å². The topological polar surface area (TPSA) is 46.4 Å².